The minimum atomic E-state index is -1.70. The molecule has 130 valence electrons. The number of ketones is 1. The van der Waals surface area contributed by atoms with Crippen molar-refractivity contribution in [2.24, 2.45) is 0 Å². The Morgan fingerprint density at radius 2 is 1.72 bits per heavy atom. The smallest absolute Gasteiger partial charge is 0.251 e. The van der Waals surface area contributed by atoms with E-state index in [9.17, 15) is 13.8 Å². The van der Waals surface area contributed by atoms with Crippen molar-refractivity contribution in [3.05, 3.63) is 60.2 Å². The summed E-state index contributed by atoms with van der Waals surface area (Å²) < 4.78 is 13.0. The molecule has 6 heteroatoms. The lowest BCUT2D eigenvalue weighted by Crippen LogP contribution is -2.51. The zero-order valence-electron chi connectivity index (χ0n) is 14.2. The molecule has 1 aliphatic rings. The van der Waals surface area contributed by atoms with Crippen LogP contribution in [0, 0.1) is 0 Å². The van der Waals surface area contributed by atoms with E-state index in [1.165, 1.54) is 0 Å². The summed E-state index contributed by atoms with van der Waals surface area (Å²) >= 11 is 0. The van der Waals surface area contributed by atoms with Crippen molar-refractivity contribution in [3.8, 4) is 0 Å². The molecule has 0 aromatic heterocycles. The topological polar surface area (TPSA) is 57.7 Å². The third kappa shape index (κ3) is 3.41. The van der Waals surface area contributed by atoms with Crippen LogP contribution >= 0.6 is 0 Å². The summed E-state index contributed by atoms with van der Waals surface area (Å²) in [4.78, 5) is 30.0. The molecule has 0 fully saturated rings. The Morgan fingerprint density at radius 3 is 2.40 bits per heavy atom. The molecular formula is C19H20N2O3S. The van der Waals surface area contributed by atoms with Crippen LogP contribution in [0.3, 0.4) is 0 Å². The van der Waals surface area contributed by atoms with Crippen LogP contribution in [0.2, 0.25) is 0 Å². The van der Waals surface area contributed by atoms with Crippen molar-refractivity contribution in [2.75, 3.05) is 32.1 Å². The van der Waals surface area contributed by atoms with Crippen LogP contribution in [-0.4, -0.2) is 53.2 Å². The van der Waals surface area contributed by atoms with Gasteiger partial charge in [-0.1, -0.05) is 42.5 Å². The molecule has 0 spiro atoms. The van der Waals surface area contributed by atoms with E-state index >= 15 is 0 Å². The molecule has 2 aromatic carbocycles. The summed E-state index contributed by atoms with van der Waals surface area (Å²) in [5.74, 6) is -0.791. The van der Waals surface area contributed by atoms with Crippen LogP contribution in [0.4, 0.5) is 5.69 Å². The Labute approximate surface area is 149 Å². The number of nitrogens with zero attached hydrogens (tertiary/aromatic N) is 2. The fourth-order valence-corrected chi connectivity index (χ4v) is 4.31. The van der Waals surface area contributed by atoms with Crippen molar-refractivity contribution in [3.63, 3.8) is 0 Å². The zero-order chi connectivity index (χ0) is 18.0. The number of carbonyl (C=O) groups is 2. The predicted molar refractivity (Wildman–Crippen MR) is 98.3 cm³/mol. The maximum atomic E-state index is 13.0. The Morgan fingerprint density at radius 1 is 1.08 bits per heavy atom. The first kappa shape index (κ1) is 17.5. The van der Waals surface area contributed by atoms with Gasteiger partial charge < -0.3 is 9.80 Å². The average molecular weight is 356 g/mol. The second-order valence-electron chi connectivity index (χ2n) is 6.17. The Kier molecular flexibility index (Phi) is 5.11. The van der Waals surface area contributed by atoms with Crippen LogP contribution in [0.25, 0.3) is 0 Å². The quantitative estimate of drug-likeness (QED) is 0.607. The van der Waals surface area contributed by atoms with Gasteiger partial charge in [-0.15, -0.1) is 0 Å². The number of Topliss-reactive ketones (excluding diaryl/α,β-unsaturated/α-hetero) is 1. The van der Waals surface area contributed by atoms with Crippen LogP contribution in [0.15, 0.2) is 59.5 Å². The van der Waals surface area contributed by atoms with Gasteiger partial charge in [-0.05, 0) is 26.2 Å². The van der Waals surface area contributed by atoms with Crippen molar-refractivity contribution < 1.29 is 13.8 Å². The average Bonchev–Trinajstić information content (AvgIpc) is 2.62. The molecule has 1 amide bonds. The highest BCUT2D eigenvalue weighted by Gasteiger charge is 2.43. The highest BCUT2D eigenvalue weighted by Crippen LogP contribution is 2.33. The fourth-order valence-electron chi connectivity index (χ4n) is 2.82. The van der Waals surface area contributed by atoms with Crippen molar-refractivity contribution >= 4 is 28.2 Å². The molecule has 1 heterocycles. The lowest BCUT2D eigenvalue weighted by atomic mass is 10.1. The molecule has 1 aliphatic heterocycles. The molecule has 3 rings (SSSR count). The number of likely N-dealkylation sites (N-methyl/N-ethyl adjacent to an activating group) is 1. The molecule has 5 nitrogen and oxygen atoms in total. The van der Waals surface area contributed by atoms with Gasteiger partial charge in [0.2, 0.25) is 0 Å². The number of carbonyl (C=O) groups excluding carboxylic acids is 2. The summed E-state index contributed by atoms with van der Waals surface area (Å²) in [5.41, 5.74) is 1.03. The Hall–Kier alpha value is -2.31. The van der Waals surface area contributed by atoms with Gasteiger partial charge in [-0.3, -0.25) is 13.8 Å². The summed E-state index contributed by atoms with van der Waals surface area (Å²) in [6, 6.07) is 15.7. The van der Waals surface area contributed by atoms with Gasteiger partial charge in [-0.2, -0.15) is 0 Å². The van der Waals surface area contributed by atoms with E-state index in [1.54, 1.807) is 53.4 Å². The Bertz CT molecular complexity index is 820. The van der Waals surface area contributed by atoms with E-state index in [2.05, 4.69) is 0 Å². The van der Waals surface area contributed by atoms with Crippen LogP contribution in [0.1, 0.15) is 10.4 Å². The van der Waals surface area contributed by atoms with Crippen LogP contribution in [0.5, 0.6) is 0 Å². The first-order valence-electron chi connectivity index (χ1n) is 8.05. The summed E-state index contributed by atoms with van der Waals surface area (Å²) in [6.45, 7) is 1.09. The van der Waals surface area contributed by atoms with Crippen LogP contribution in [-0.2, 0) is 15.6 Å². The van der Waals surface area contributed by atoms with E-state index < -0.39 is 27.7 Å². The number of rotatable bonds is 5. The summed E-state index contributed by atoms with van der Waals surface area (Å²) in [7, 11) is 2.14. The molecule has 0 N–H and O–H groups in total. The van der Waals surface area contributed by atoms with E-state index in [4.69, 9.17) is 0 Å². The minimum absolute atomic E-state index is 0.395. The fraction of sp³-hybridized carbons (Fsp3) is 0.263. The van der Waals surface area contributed by atoms with Crippen molar-refractivity contribution in [2.45, 2.75) is 10.1 Å². The first-order chi connectivity index (χ1) is 12.0. The van der Waals surface area contributed by atoms with E-state index in [0.29, 0.717) is 29.2 Å². The highest BCUT2D eigenvalue weighted by atomic mass is 32.2. The number of amides is 1. The van der Waals surface area contributed by atoms with Gasteiger partial charge in [0.25, 0.3) is 5.91 Å². The molecule has 2 unspecified atom stereocenters. The second-order valence-corrected chi connectivity index (χ2v) is 7.67. The molecule has 2 aromatic rings. The predicted octanol–water partition coefficient (Wildman–Crippen LogP) is 1.95. The maximum Gasteiger partial charge on any atom is 0.251 e. The molecule has 0 aliphatic carbocycles. The van der Waals surface area contributed by atoms with Gasteiger partial charge in [0.15, 0.2) is 11.0 Å². The number of benzene rings is 2. The van der Waals surface area contributed by atoms with E-state index in [0.717, 1.165) is 0 Å². The van der Waals surface area contributed by atoms with Crippen molar-refractivity contribution in [1.29, 1.82) is 0 Å². The van der Waals surface area contributed by atoms with Gasteiger partial charge in [0.05, 0.1) is 21.4 Å². The third-order valence-corrected chi connectivity index (χ3v) is 5.77. The molecule has 2 atom stereocenters. The molecule has 0 bridgehead atoms. The first-order valence-corrected chi connectivity index (χ1v) is 9.27. The monoisotopic (exact) mass is 356 g/mol. The van der Waals surface area contributed by atoms with Gasteiger partial charge in [-0.25, -0.2) is 0 Å². The minimum Gasteiger partial charge on any atom is -0.308 e. The molecule has 0 radical (unpaired) electrons. The van der Waals surface area contributed by atoms with Gasteiger partial charge >= 0.3 is 0 Å². The lowest BCUT2D eigenvalue weighted by Gasteiger charge is -2.33. The number of anilines is 1. The van der Waals surface area contributed by atoms with Gasteiger partial charge in [0.1, 0.15) is 0 Å². The third-order valence-electron chi connectivity index (χ3n) is 4.14. The van der Waals surface area contributed by atoms with E-state index in [-0.39, 0.29) is 0 Å². The highest BCUT2D eigenvalue weighted by molar-refractivity contribution is 7.87. The summed E-state index contributed by atoms with van der Waals surface area (Å²) in [6.07, 6.45) is 0. The molecule has 0 saturated heterocycles. The molecule has 25 heavy (non-hydrogen) atoms. The maximum absolute atomic E-state index is 13.0. The molecule has 0 saturated carbocycles. The SMILES string of the molecule is CN(C)CCN1C(=O)C(C(=O)c2ccccc2)S(=O)c2ccccc21. The lowest BCUT2D eigenvalue weighted by molar-refractivity contribution is -0.117. The number of hydrogen-bond acceptors (Lipinski definition) is 4. The van der Waals surface area contributed by atoms with Crippen LogP contribution < -0.4 is 4.90 Å². The summed E-state index contributed by atoms with van der Waals surface area (Å²) in [5, 5.41) is -1.19. The van der Waals surface area contributed by atoms with Gasteiger partial charge in [0, 0.05) is 18.7 Å². The van der Waals surface area contributed by atoms with Crippen molar-refractivity contribution in [1.82, 2.24) is 4.90 Å². The second kappa shape index (κ2) is 7.29. The normalized spacial score (nSPS) is 19.8. The number of para-hydroxylation sites is 1. The Balaban J connectivity index is 2.02. The largest absolute Gasteiger partial charge is 0.308 e. The zero-order valence-corrected chi connectivity index (χ0v) is 15.0. The molecular weight excluding hydrogens is 336 g/mol. The van der Waals surface area contributed by atoms with E-state index in [1.807, 2.05) is 25.1 Å². The number of fused-ring (bicyclic) bond motifs is 1. The number of hydrogen-bond donors (Lipinski definition) is 0. The standard InChI is InChI=1S/C19H20N2O3S/c1-20(2)12-13-21-15-10-6-7-11-16(15)25(24)18(19(21)23)17(22)14-8-4-3-5-9-14/h3-11,18H,12-13H2,1-2H3.